The maximum absolute atomic E-state index is 13.2. The molecule has 0 radical (unpaired) electrons. The molecule has 1 N–H and O–H groups in total. The minimum Gasteiger partial charge on any atom is -0.387 e. The Morgan fingerprint density at radius 1 is 1.33 bits per heavy atom. The largest absolute Gasteiger partial charge is 0.387 e. The standard InChI is InChI=1S/C15H16FN3OS/c1-9(2)19-15(17-8-18-19)7-12(20)14-5-10-3-4-11(16)6-13(10)21-14/h3-6,8-9,12,20H,7H2,1-2H3. The molecule has 2 aromatic heterocycles. The van der Waals surface area contributed by atoms with Crippen molar-refractivity contribution in [3.05, 3.63) is 47.1 Å². The maximum Gasteiger partial charge on any atom is 0.138 e. The molecule has 0 aliphatic rings. The highest BCUT2D eigenvalue weighted by Crippen LogP contribution is 2.31. The van der Waals surface area contributed by atoms with Crippen LogP contribution in [-0.2, 0) is 6.42 Å². The van der Waals surface area contributed by atoms with Gasteiger partial charge in [-0.2, -0.15) is 5.10 Å². The Kier molecular flexibility index (Phi) is 3.73. The van der Waals surface area contributed by atoms with E-state index in [1.165, 1.54) is 29.8 Å². The third kappa shape index (κ3) is 2.82. The molecule has 3 aromatic rings. The molecule has 21 heavy (non-hydrogen) atoms. The van der Waals surface area contributed by atoms with E-state index in [0.717, 1.165) is 20.8 Å². The van der Waals surface area contributed by atoms with Crippen LogP contribution in [0.1, 0.15) is 36.7 Å². The first-order valence-electron chi connectivity index (χ1n) is 6.80. The third-order valence-electron chi connectivity index (χ3n) is 3.34. The Bertz CT molecular complexity index is 765. The number of hydrogen-bond donors (Lipinski definition) is 1. The van der Waals surface area contributed by atoms with Crippen LogP contribution in [0, 0.1) is 5.82 Å². The number of fused-ring (bicyclic) bond motifs is 1. The molecular formula is C15H16FN3OS. The fourth-order valence-electron chi connectivity index (χ4n) is 2.31. The van der Waals surface area contributed by atoms with Crippen molar-refractivity contribution in [1.29, 1.82) is 0 Å². The van der Waals surface area contributed by atoms with Gasteiger partial charge in [-0.15, -0.1) is 11.3 Å². The molecule has 1 atom stereocenters. The van der Waals surface area contributed by atoms with Crippen molar-refractivity contribution >= 4 is 21.4 Å². The van der Waals surface area contributed by atoms with Crippen LogP contribution >= 0.6 is 11.3 Å². The first-order chi connectivity index (χ1) is 10.0. The molecule has 0 bridgehead atoms. The number of halogens is 1. The van der Waals surface area contributed by atoms with Gasteiger partial charge in [0.15, 0.2) is 0 Å². The topological polar surface area (TPSA) is 50.9 Å². The molecule has 4 nitrogen and oxygen atoms in total. The number of hydrogen-bond acceptors (Lipinski definition) is 4. The Balaban J connectivity index is 1.86. The first-order valence-corrected chi connectivity index (χ1v) is 7.61. The van der Waals surface area contributed by atoms with Crippen LogP contribution in [0.15, 0.2) is 30.6 Å². The van der Waals surface area contributed by atoms with Crippen molar-refractivity contribution in [2.24, 2.45) is 0 Å². The lowest BCUT2D eigenvalue weighted by molar-refractivity contribution is 0.177. The highest BCUT2D eigenvalue weighted by Gasteiger charge is 2.17. The number of thiophene rings is 1. The summed E-state index contributed by atoms with van der Waals surface area (Å²) >= 11 is 1.41. The molecule has 1 aromatic carbocycles. The molecule has 3 rings (SSSR count). The number of aliphatic hydroxyl groups is 1. The molecule has 0 aliphatic carbocycles. The van der Waals surface area contributed by atoms with E-state index >= 15 is 0 Å². The summed E-state index contributed by atoms with van der Waals surface area (Å²) in [6.45, 7) is 4.04. The molecule has 6 heteroatoms. The third-order valence-corrected chi connectivity index (χ3v) is 4.54. The smallest absolute Gasteiger partial charge is 0.138 e. The molecular weight excluding hydrogens is 289 g/mol. The van der Waals surface area contributed by atoms with Crippen LogP contribution in [0.3, 0.4) is 0 Å². The van der Waals surface area contributed by atoms with Gasteiger partial charge in [0.25, 0.3) is 0 Å². The first kappa shape index (κ1) is 14.2. The zero-order chi connectivity index (χ0) is 15.0. The van der Waals surface area contributed by atoms with E-state index in [1.54, 1.807) is 10.7 Å². The lowest BCUT2D eigenvalue weighted by atomic mass is 10.1. The maximum atomic E-state index is 13.2. The van der Waals surface area contributed by atoms with E-state index in [4.69, 9.17) is 0 Å². The van der Waals surface area contributed by atoms with Gasteiger partial charge in [0, 0.05) is 22.0 Å². The van der Waals surface area contributed by atoms with Crippen LogP contribution in [0.25, 0.3) is 10.1 Å². The highest BCUT2D eigenvalue weighted by atomic mass is 32.1. The summed E-state index contributed by atoms with van der Waals surface area (Å²) in [5.41, 5.74) is 0. The summed E-state index contributed by atoms with van der Waals surface area (Å²) < 4.78 is 15.9. The summed E-state index contributed by atoms with van der Waals surface area (Å²) in [6, 6.07) is 6.76. The predicted molar refractivity (Wildman–Crippen MR) is 80.9 cm³/mol. The van der Waals surface area contributed by atoms with E-state index in [1.807, 2.05) is 19.9 Å². The normalized spacial score (nSPS) is 13.2. The number of benzene rings is 1. The van der Waals surface area contributed by atoms with Gasteiger partial charge in [0.1, 0.15) is 18.0 Å². The van der Waals surface area contributed by atoms with Crippen molar-refractivity contribution in [1.82, 2.24) is 14.8 Å². The van der Waals surface area contributed by atoms with Gasteiger partial charge in [0.2, 0.25) is 0 Å². The molecule has 2 heterocycles. The Morgan fingerprint density at radius 3 is 2.90 bits per heavy atom. The average Bonchev–Trinajstić information content (AvgIpc) is 3.04. The second-order valence-electron chi connectivity index (χ2n) is 5.27. The van der Waals surface area contributed by atoms with E-state index in [0.29, 0.717) is 6.42 Å². The quantitative estimate of drug-likeness (QED) is 0.802. The van der Waals surface area contributed by atoms with Crippen molar-refractivity contribution < 1.29 is 9.50 Å². The van der Waals surface area contributed by atoms with Crippen LogP contribution < -0.4 is 0 Å². The fourth-order valence-corrected chi connectivity index (χ4v) is 3.39. The number of aliphatic hydroxyl groups excluding tert-OH is 1. The number of nitrogens with zero attached hydrogens (tertiary/aromatic N) is 3. The van der Waals surface area contributed by atoms with E-state index in [2.05, 4.69) is 10.1 Å². The zero-order valence-electron chi connectivity index (χ0n) is 11.8. The van der Waals surface area contributed by atoms with Crippen molar-refractivity contribution in [2.75, 3.05) is 0 Å². The summed E-state index contributed by atoms with van der Waals surface area (Å²) in [5.74, 6) is 0.492. The molecule has 0 amide bonds. The van der Waals surface area contributed by atoms with E-state index in [-0.39, 0.29) is 11.9 Å². The van der Waals surface area contributed by atoms with E-state index < -0.39 is 6.10 Å². The molecule has 0 spiro atoms. The molecule has 0 aliphatic heterocycles. The van der Waals surface area contributed by atoms with Crippen molar-refractivity contribution in [2.45, 2.75) is 32.4 Å². The van der Waals surface area contributed by atoms with E-state index in [9.17, 15) is 9.50 Å². The van der Waals surface area contributed by atoms with Gasteiger partial charge in [-0.05, 0) is 37.4 Å². The lowest BCUT2D eigenvalue weighted by Gasteiger charge is -2.12. The van der Waals surface area contributed by atoms with Crippen molar-refractivity contribution in [3.8, 4) is 0 Å². The Labute approximate surface area is 125 Å². The second kappa shape index (κ2) is 5.54. The van der Waals surface area contributed by atoms with Crippen LogP contribution in [-0.4, -0.2) is 19.9 Å². The van der Waals surface area contributed by atoms with Gasteiger partial charge in [0.05, 0.1) is 6.10 Å². The SMILES string of the molecule is CC(C)n1ncnc1CC(O)c1cc2ccc(F)cc2s1. The van der Waals surface area contributed by atoms with Gasteiger partial charge < -0.3 is 5.11 Å². The minimum atomic E-state index is -0.660. The van der Waals surface area contributed by atoms with Gasteiger partial charge in [-0.1, -0.05) is 6.07 Å². The lowest BCUT2D eigenvalue weighted by Crippen LogP contribution is -2.11. The minimum absolute atomic E-state index is 0.200. The van der Waals surface area contributed by atoms with Gasteiger partial charge in [-0.25, -0.2) is 14.1 Å². The predicted octanol–water partition coefficient (Wildman–Crippen LogP) is 3.49. The fraction of sp³-hybridized carbons (Fsp3) is 0.333. The summed E-state index contributed by atoms with van der Waals surface area (Å²) in [4.78, 5) is 5.02. The second-order valence-corrected chi connectivity index (χ2v) is 6.38. The molecule has 1 unspecified atom stereocenters. The summed E-state index contributed by atoms with van der Waals surface area (Å²) in [5, 5.41) is 15.5. The Hall–Kier alpha value is -1.79. The van der Waals surface area contributed by atoms with Gasteiger partial charge in [-0.3, -0.25) is 0 Å². The van der Waals surface area contributed by atoms with Crippen LogP contribution in [0.5, 0.6) is 0 Å². The molecule has 0 fully saturated rings. The van der Waals surface area contributed by atoms with Crippen LogP contribution in [0.4, 0.5) is 4.39 Å². The van der Waals surface area contributed by atoms with Crippen LogP contribution in [0.2, 0.25) is 0 Å². The number of rotatable bonds is 4. The summed E-state index contributed by atoms with van der Waals surface area (Å²) in [6.07, 6.45) is 1.24. The van der Waals surface area contributed by atoms with Gasteiger partial charge >= 0.3 is 0 Å². The monoisotopic (exact) mass is 305 g/mol. The average molecular weight is 305 g/mol. The molecule has 0 saturated carbocycles. The molecule has 110 valence electrons. The highest BCUT2D eigenvalue weighted by molar-refractivity contribution is 7.19. The number of aromatic nitrogens is 3. The zero-order valence-corrected chi connectivity index (χ0v) is 12.6. The molecule has 0 saturated heterocycles. The Morgan fingerprint density at radius 2 is 2.14 bits per heavy atom. The summed E-state index contributed by atoms with van der Waals surface area (Å²) in [7, 11) is 0. The van der Waals surface area contributed by atoms with Crippen molar-refractivity contribution in [3.63, 3.8) is 0 Å².